The van der Waals surface area contributed by atoms with Gasteiger partial charge in [-0.25, -0.2) is 12.8 Å². The van der Waals surface area contributed by atoms with Gasteiger partial charge in [-0.2, -0.15) is 4.31 Å². The van der Waals surface area contributed by atoms with Crippen LogP contribution in [0.1, 0.15) is 36.2 Å². The molecule has 1 saturated heterocycles. The van der Waals surface area contributed by atoms with Crippen LogP contribution in [0, 0.1) is 17.7 Å². The standard InChI is InChI=1S/C21H25FN2O3S/c1-15-10-16(2)14-24(13-15)28(26,27)19-8-5-7-17(11-19)21(25)23-12-18-6-3-4-9-20(18)22/h3-9,11,15-16H,10,12-14H2,1-2H3,(H,23,25). The highest BCUT2D eigenvalue weighted by atomic mass is 32.2. The minimum atomic E-state index is -3.66. The molecule has 1 aliphatic heterocycles. The van der Waals surface area contributed by atoms with Crippen LogP contribution in [0.5, 0.6) is 0 Å². The average Bonchev–Trinajstić information content (AvgIpc) is 2.66. The van der Waals surface area contributed by atoms with Crippen molar-refractivity contribution in [1.82, 2.24) is 9.62 Å². The second-order valence-corrected chi connectivity index (χ2v) is 9.51. The number of nitrogens with one attached hydrogen (secondary N) is 1. The summed E-state index contributed by atoms with van der Waals surface area (Å²) in [7, 11) is -3.66. The lowest BCUT2D eigenvalue weighted by molar-refractivity contribution is 0.0950. The van der Waals surface area contributed by atoms with E-state index in [2.05, 4.69) is 5.32 Å². The maximum atomic E-state index is 13.7. The number of amides is 1. The summed E-state index contributed by atoms with van der Waals surface area (Å²) in [6, 6.07) is 12.2. The number of nitrogens with zero attached hydrogens (tertiary/aromatic N) is 1. The first kappa shape index (κ1) is 20.5. The molecule has 0 bridgehead atoms. The molecule has 1 aliphatic rings. The van der Waals surface area contributed by atoms with Gasteiger partial charge in [-0.15, -0.1) is 0 Å². The smallest absolute Gasteiger partial charge is 0.251 e. The Hall–Kier alpha value is -2.25. The molecule has 3 rings (SSSR count). The van der Waals surface area contributed by atoms with E-state index in [1.54, 1.807) is 30.3 Å². The maximum absolute atomic E-state index is 13.7. The molecule has 2 unspecified atom stereocenters. The first-order valence-corrected chi connectivity index (χ1v) is 10.8. The van der Waals surface area contributed by atoms with E-state index in [9.17, 15) is 17.6 Å². The van der Waals surface area contributed by atoms with Gasteiger partial charge >= 0.3 is 0 Å². The highest BCUT2D eigenvalue weighted by Gasteiger charge is 2.31. The third kappa shape index (κ3) is 4.59. The SMILES string of the molecule is CC1CC(C)CN(S(=O)(=O)c2cccc(C(=O)NCc3ccccc3F)c2)C1. The second-order valence-electron chi connectivity index (χ2n) is 7.57. The van der Waals surface area contributed by atoms with Crippen molar-refractivity contribution in [3.05, 3.63) is 65.5 Å². The van der Waals surface area contributed by atoms with Crippen molar-refractivity contribution in [3.8, 4) is 0 Å². The number of piperidine rings is 1. The number of benzene rings is 2. The first-order chi connectivity index (χ1) is 13.3. The van der Waals surface area contributed by atoms with Crippen LogP contribution < -0.4 is 5.32 Å². The summed E-state index contributed by atoms with van der Waals surface area (Å²) in [6.07, 6.45) is 1.00. The number of sulfonamides is 1. The second kappa shape index (κ2) is 8.41. The third-order valence-corrected chi connectivity index (χ3v) is 6.79. The zero-order valence-electron chi connectivity index (χ0n) is 16.1. The van der Waals surface area contributed by atoms with E-state index in [-0.39, 0.29) is 17.0 Å². The van der Waals surface area contributed by atoms with E-state index in [0.29, 0.717) is 30.5 Å². The molecule has 2 aromatic rings. The molecule has 1 amide bonds. The van der Waals surface area contributed by atoms with E-state index in [1.807, 2.05) is 13.8 Å². The van der Waals surface area contributed by atoms with Gasteiger partial charge in [0.1, 0.15) is 5.82 Å². The highest BCUT2D eigenvalue weighted by Crippen LogP contribution is 2.27. The summed E-state index contributed by atoms with van der Waals surface area (Å²) in [4.78, 5) is 12.6. The van der Waals surface area contributed by atoms with E-state index < -0.39 is 21.7 Å². The van der Waals surface area contributed by atoms with Gasteiger partial charge in [0.2, 0.25) is 10.0 Å². The molecular weight excluding hydrogens is 379 g/mol. The monoisotopic (exact) mass is 404 g/mol. The predicted octanol–water partition coefficient (Wildman–Crippen LogP) is 3.42. The lowest BCUT2D eigenvalue weighted by Crippen LogP contribution is -2.42. The van der Waals surface area contributed by atoms with Crippen molar-refractivity contribution in [2.75, 3.05) is 13.1 Å². The minimum absolute atomic E-state index is 0.0314. The fraction of sp³-hybridized carbons (Fsp3) is 0.381. The Kier molecular flexibility index (Phi) is 6.15. The van der Waals surface area contributed by atoms with Gasteiger partial charge in [0, 0.05) is 30.8 Å². The average molecular weight is 405 g/mol. The third-order valence-electron chi connectivity index (χ3n) is 4.97. The zero-order chi connectivity index (χ0) is 20.3. The first-order valence-electron chi connectivity index (χ1n) is 9.39. The molecule has 1 heterocycles. The molecule has 0 saturated carbocycles. The number of carbonyl (C=O) groups excluding carboxylic acids is 1. The van der Waals surface area contributed by atoms with Crippen molar-refractivity contribution < 1.29 is 17.6 Å². The van der Waals surface area contributed by atoms with E-state index in [1.165, 1.54) is 22.5 Å². The number of hydrogen-bond acceptors (Lipinski definition) is 3. The lowest BCUT2D eigenvalue weighted by Gasteiger charge is -2.34. The van der Waals surface area contributed by atoms with E-state index in [0.717, 1.165) is 6.42 Å². The van der Waals surface area contributed by atoms with Crippen LogP contribution in [-0.2, 0) is 16.6 Å². The van der Waals surface area contributed by atoms with Crippen LogP contribution in [0.3, 0.4) is 0 Å². The van der Waals surface area contributed by atoms with Crippen molar-refractivity contribution >= 4 is 15.9 Å². The van der Waals surface area contributed by atoms with Crippen LogP contribution in [-0.4, -0.2) is 31.7 Å². The van der Waals surface area contributed by atoms with Gasteiger partial charge in [0.15, 0.2) is 0 Å². The van der Waals surface area contributed by atoms with Crippen molar-refractivity contribution in [2.24, 2.45) is 11.8 Å². The molecule has 0 radical (unpaired) electrons. The molecular formula is C21H25FN2O3S. The number of hydrogen-bond donors (Lipinski definition) is 1. The minimum Gasteiger partial charge on any atom is -0.348 e. The Morgan fingerprint density at radius 3 is 2.46 bits per heavy atom. The quantitative estimate of drug-likeness (QED) is 0.830. The topological polar surface area (TPSA) is 66.5 Å². The Labute approximate surface area is 165 Å². The Morgan fingerprint density at radius 2 is 1.79 bits per heavy atom. The molecule has 5 nitrogen and oxygen atoms in total. The van der Waals surface area contributed by atoms with Crippen molar-refractivity contribution in [2.45, 2.75) is 31.7 Å². The van der Waals surface area contributed by atoms with E-state index in [4.69, 9.17) is 0 Å². The number of halogens is 1. The summed E-state index contributed by atoms with van der Waals surface area (Å²) in [5, 5.41) is 2.64. The van der Waals surface area contributed by atoms with Gasteiger partial charge in [-0.1, -0.05) is 38.1 Å². The fourth-order valence-electron chi connectivity index (χ4n) is 3.67. The van der Waals surface area contributed by atoms with Gasteiger partial charge in [-0.05, 0) is 42.5 Å². The van der Waals surface area contributed by atoms with Crippen LogP contribution in [0.4, 0.5) is 4.39 Å². The normalized spacial score (nSPS) is 20.7. The molecule has 2 aromatic carbocycles. The molecule has 150 valence electrons. The van der Waals surface area contributed by atoms with Crippen molar-refractivity contribution in [1.29, 1.82) is 0 Å². The molecule has 1 N–H and O–H groups in total. The van der Waals surface area contributed by atoms with Crippen LogP contribution >= 0.6 is 0 Å². The molecule has 28 heavy (non-hydrogen) atoms. The summed E-state index contributed by atoms with van der Waals surface area (Å²) in [5.41, 5.74) is 0.603. The molecule has 0 aromatic heterocycles. The summed E-state index contributed by atoms with van der Waals surface area (Å²) < 4.78 is 41.2. The predicted molar refractivity (Wildman–Crippen MR) is 106 cm³/mol. The number of carbonyl (C=O) groups is 1. The number of rotatable bonds is 5. The molecule has 7 heteroatoms. The lowest BCUT2D eigenvalue weighted by atomic mass is 9.94. The summed E-state index contributed by atoms with van der Waals surface area (Å²) in [5.74, 6) is -0.246. The van der Waals surface area contributed by atoms with Gasteiger partial charge in [0.05, 0.1) is 4.90 Å². The highest BCUT2D eigenvalue weighted by molar-refractivity contribution is 7.89. The van der Waals surface area contributed by atoms with Crippen molar-refractivity contribution in [3.63, 3.8) is 0 Å². The fourth-order valence-corrected chi connectivity index (χ4v) is 5.39. The molecule has 1 fully saturated rings. The van der Waals surface area contributed by atoms with Gasteiger partial charge in [-0.3, -0.25) is 4.79 Å². The Bertz CT molecular complexity index is 952. The Morgan fingerprint density at radius 1 is 1.11 bits per heavy atom. The molecule has 2 atom stereocenters. The Balaban J connectivity index is 1.76. The van der Waals surface area contributed by atoms with Gasteiger partial charge in [0.25, 0.3) is 5.91 Å². The van der Waals surface area contributed by atoms with Crippen LogP contribution in [0.2, 0.25) is 0 Å². The molecule has 0 spiro atoms. The zero-order valence-corrected chi connectivity index (χ0v) is 16.9. The van der Waals surface area contributed by atoms with Crippen LogP contribution in [0.15, 0.2) is 53.4 Å². The largest absolute Gasteiger partial charge is 0.348 e. The maximum Gasteiger partial charge on any atom is 0.251 e. The molecule has 0 aliphatic carbocycles. The summed E-state index contributed by atoms with van der Waals surface area (Å²) in [6.45, 7) is 5.09. The van der Waals surface area contributed by atoms with Crippen LogP contribution in [0.25, 0.3) is 0 Å². The van der Waals surface area contributed by atoms with Gasteiger partial charge < -0.3 is 5.32 Å². The van der Waals surface area contributed by atoms with E-state index >= 15 is 0 Å². The summed E-state index contributed by atoms with van der Waals surface area (Å²) >= 11 is 0.